The molecule has 1 saturated heterocycles. The summed E-state index contributed by atoms with van der Waals surface area (Å²) < 4.78 is 5.32. The number of carbonyl (C=O) groups excluding carboxylic acids is 2. The van der Waals surface area contributed by atoms with Gasteiger partial charge in [-0.25, -0.2) is 0 Å². The molecule has 2 aliphatic heterocycles. The molecule has 1 atom stereocenters. The number of ether oxygens (including phenoxy) is 1. The Kier molecular flexibility index (Phi) is 3.50. The first-order chi connectivity index (χ1) is 12.0. The number of hydrogen-bond donors (Lipinski definition) is 2. The van der Waals surface area contributed by atoms with Crippen molar-refractivity contribution in [1.29, 1.82) is 0 Å². The van der Waals surface area contributed by atoms with Crippen LogP contribution < -0.4 is 4.74 Å². The zero-order chi connectivity index (χ0) is 17.8. The van der Waals surface area contributed by atoms with Gasteiger partial charge >= 0.3 is 0 Å². The van der Waals surface area contributed by atoms with Crippen LogP contribution in [0, 0.1) is 0 Å². The van der Waals surface area contributed by atoms with Crippen LogP contribution in [0.2, 0.25) is 0 Å². The monoisotopic (exact) mass is 343 g/mol. The third-order valence-corrected chi connectivity index (χ3v) is 5.43. The van der Waals surface area contributed by atoms with Crippen LogP contribution in [0.25, 0.3) is 10.9 Å². The number of rotatable bonds is 3. The molecule has 1 aromatic heterocycles. The highest BCUT2D eigenvalue weighted by atomic mass is 16.5. The molecule has 2 N–H and O–H groups in total. The first-order valence-corrected chi connectivity index (χ1v) is 8.40. The van der Waals surface area contributed by atoms with Gasteiger partial charge < -0.3 is 24.6 Å². The number of hydrogen-bond acceptors (Lipinski definition) is 4. The Bertz CT molecular complexity index is 875. The molecule has 2 aliphatic rings. The fourth-order valence-corrected chi connectivity index (χ4v) is 4.14. The summed E-state index contributed by atoms with van der Waals surface area (Å²) in [7, 11) is 1.62. The van der Waals surface area contributed by atoms with Gasteiger partial charge in [-0.1, -0.05) is 0 Å². The minimum Gasteiger partial charge on any atom is -0.497 e. The molecule has 2 aromatic rings. The quantitative estimate of drug-likeness (QED) is 0.855. The highest BCUT2D eigenvalue weighted by molar-refractivity contribution is 6.00. The Labute approximate surface area is 145 Å². The van der Waals surface area contributed by atoms with E-state index in [1.54, 1.807) is 18.9 Å². The molecule has 0 saturated carbocycles. The summed E-state index contributed by atoms with van der Waals surface area (Å²) in [6.45, 7) is 2.33. The molecular formula is C18H21N3O4. The van der Waals surface area contributed by atoms with E-state index in [1.165, 1.54) is 4.90 Å². The number of methoxy groups -OCH3 is 1. The van der Waals surface area contributed by atoms with E-state index in [0.29, 0.717) is 13.0 Å². The molecule has 0 bridgehead atoms. The highest BCUT2D eigenvalue weighted by Gasteiger charge is 2.53. The van der Waals surface area contributed by atoms with Crippen molar-refractivity contribution < 1.29 is 19.4 Å². The van der Waals surface area contributed by atoms with Gasteiger partial charge in [0.15, 0.2) is 5.54 Å². The van der Waals surface area contributed by atoms with Crippen molar-refractivity contribution >= 4 is 22.7 Å². The van der Waals surface area contributed by atoms with Crippen molar-refractivity contribution in [3.05, 3.63) is 29.5 Å². The van der Waals surface area contributed by atoms with Crippen LogP contribution in [0.3, 0.4) is 0 Å². The van der Waals surface area contributed by atoms with Gasteiger partial charge in [-0.05, 0) is 37.1 Å². The number of amides is 2. The number of aromatic amines is 1. The molecule has 1 aromatic carbocycles. The SMILES string of the molecule is COc1ccc2[nH]c3c(c2c1)CCN1C(=O)CN(CCO)C(=O)[C@]31C. The molecule has 0 spiro atoms. The minimum absolute atomic E-state index is 0.0262. The van der Waals surface area contributed by atoms with Crippen LogP contribution in [0.15, 0.2) is 18.2 Å². The maximum absolute atomic E-state index is 13.2. The van der Waals surface area contributed by atoms with Crippen molar-refractivity contribution in [3.8, 4) is 5.75 Å². The van der Waals surface area contributed by atoms with E-state index in [4.69, 9.17) is 4.74 Å². The van der Waals surface area contributed by atoms with Crippen LogP contribution in [0.1, 0.15) is 18.2 Å². The van der Waals surface area contributed by atoms with E-state index in [9.17, 15) is 14.7 Å². The van der Waals surface area contributed by atoms with Gasteiger partial charge in [-0.3, -0.25) is 9.59 Å². The van der Waals surface area contributed by atoms with E-state index in [1.807, 2.05) is 18.2 Å². The number of piperazine rings is 1. The molecule has 25 heavy (non-hydrogen) atoms. The van der Waals surface area contributed by atoms with Crippen molar-refractivity contribution in [3.63, 3.8) is 0 Å². The van der Waals surface area contributed by atoms with Crippen LogP contribution in [0.4, 0.5) is 0 Å². The number of carbonyl (C=O) groups is 2. The summed E-state index contributed by atoms with van der Waals surface area (Å²) in [5, 5.41) is 10.3. The zero-order valence-electron chi connectivity index (χ0n) is 14.3. The second-order valence-electron chi connectivity index (χ2n) is 6.71. The lowest BCUT2D eigenvalue weighted by atomic mass is 9.83. The standard InChI is InChI=1S/C18H21N3O4/c1-18-16-12(13-9-11(25-2)3-4-14(13)19-16)5-6-21(18)15(23)10-20(7-8-22)17(18)24/h3-4,9,19,22H,5-8,10H2,1-2H3/t18-/m0/s1. The molecule has 1 fully saturated rings. The zero-order valence-corrected chi connectivity index (χ0v) is 14.3. The largest absolute Gasteiger partial charge is 0.497 e. The van der Waals surface area contributed by atoms with Gasteiger partial charge in [0, 0.05) is 24.0 Å². The molecule has 0 radical (unpaired) electrons. The number of aromatic nitrogens is 1. The Balaban J connectivity index is 1.90. The number of nitrogens with zero attached hydrogens (tertiary/aromatic N) is 2. The molecule has 7 heteroatoms. The Morgan fingerprint density at radius 1 is 1.36 bits per heavy atom. The average Bonchev–Trinajstić information content (AvgIpc) is 2.99. The summed E-state index contributed by atoms with van der Waals surface area (Å²) in [5.41, 5.74) is 1.68. The average molecular weight is 343 g/mol. The van der Waals surface area contributed by atoms with Gasteiger partial charge in [0.1, 0.15) is 5.75 Å². The van der Waals surface area contributed by atoms with Crippen molar-refractivity contribution in [2.45, 2.75) is 18.9 Å². The summed E-state index contributed by atoms with van der Waals surface area (Å²) >= 11 is 0. The van der Waals surface area contributed by atoms with Crippen LogP contribution >= 0.6 is 0 Å². The molecule has 4 rings (SSSR count). The summed E-state index contributed by atoms with van der Waals surface area (Å²) in [6, 6.07) is 5.77. The normalized spacial score (nSPS) is 23.0. The van der Waals surface area contributed by atoms with Gasteiger partial charge in [0.05, 0.1) is 26.0 Å². The fraction of sp³-hybridized carbons (Fsp3) is 0.444. The fourth-order valence-electron chi connectivity index (χ4n) is 4.14. The van der Waals surface area contributed by atoms with E-state index < -0.39 is 5.54 Å². The molecule has 7 nitrogen and oxygen atoms in total. The third kappa shape index (κ3) is 2.08. The first kappa shape index (κ1) is 16.0. The lowest BCUT2D eigenvalue weighted by Crippen LogP contribution is -2.67. The van der Waals surface area contributed by atoms with Crippen LogP contribution in [0.5, 0.6) is 5.75 Å². The van der Waals surface area contributed by atoms with Crippen LogP contribution in [-0.4, -0.2) is 65.1 Å². The van der Waals surface area contributed by atoms with Gasteiger partial charge in [0.25, 0.3) is 5.91 Å². The maximum atomic E-state index is 13.2. The van der Waals surface area contributed by atoms with Crippen molar-refractivity contribution in [2.75, 3.05) is 33.4 Å². The van der Waals surface area contributed by atoms with E-state index >= 15 is 0 Å². The summed E-state index contributed by atoms with van der Waals surface area (Å²) in [6.07, 6.45) is 0.692. The Morgan fingerprint density at radius 3 is 2.88 bits per heavy atom. The molecule has 0 aliphatic carbocycles. The predicted molar refractivity (Wildman–Crippen MR) is 91.3 cm³/mol. The van der Waals surface area contributed by atoms with E-state index in [-0.39, 0.29) is 31.5 Å². The Morgan fingerprint density at radius 2 is 2.16 bits per heavy atom. The minimum atomic E-state index is -1.07. The molecule has 3 heterocycles. The summed E-state index contributed by atoms with van der Waals surface area (Å²) in [4.78, 5) is 32.2. The maximum Gasteiger partial charge on any atom is 0.255 e. The van der Waals surface area contributed by atoms with Gasteiger partial charge in [-0.15, -0.1) is 0 Å². The van der Waals surface area contributed by atoms with Gasteiger partial charge in [0.2, 0.25) is 5.91 Å². The number of nitrogens with one attached hydrogen (secondary N) is 1. The Hall–Kier alpha value is -2.54. The highest BCUT2D eigenvalue weighted by Crippen LogP contribution is 2.42. The van der Waals surface area contributed by atoms with Gasteiger partial charge in [-0.2, -0.15) is 0 Å². The molecular weight excluding hydrogens is 322 g/mol. The number of fused-ring (bicyclic) bond motifs is 5. The number of benzene rings is 1. The number of aliphatic hydroxyl groups excluding tert-OH is 1. The lowest BCUT2D eigenvalue weighted by molar-refractivity contribution is -0.166. The number of aliphatic hydroxyl groups is 1. The van der Waals surface area contributed by atoms with Crippen molar-refractivity contribution in [2.24, 2.45) is 0 Å². The predicted octanol–water partition coefficient (Wildman–Crippen LogP) is 0.611. The molecule has 0 unspecified atom stereocenters. The molecule has 2 amide bonds. The lowest BCUT2D eigenvalue weighted by Gasteiger charge is -2.49. The topological polar surface area (TPSA) is 85.9 Å². The van der Waals surface area contributed by atoms with E-state index in [0.717, 1.165) is 27.9 Å². The second kappa shape index (κ2) is 5.49. The van der Waals surface area contributed by atoms with Crippen molar-refractivity contribution in [1.82, 2.24) is 14.8 Å². The first-order valence-electron chi connectivity index (χ1n) is 8.40. The van der Waals surface area contributed by atoms with E-state index in [2.05, 4.69) is 4.98 Å². The second-order valence-corrected chi connectivity index (χ2v) is 6.71. The smallest absolute Gasteiger partial charge is 0.255 e. The van der Waals surface area contributed by atoms with Crippen LogP contribution in [-0.2, 0) is 21.5 Å². The summed E-state index contributed by atoms with van der Waals surface area (Å²) in [5.74, 6) is 0.521. The third-order valence-electron chi connectivity index (χ3n) is 5.43. The molecule has 132 valence electrons. The number of H-pyrrole nitrogens is 1. The number of β-amino-alcohol motifs (C(OH)–C–C–N with tert-alkyl or cyclic N) is 1.